The van der Waals surface area contributed by atoms with E-state index in [1.807, 2.05) is 24.3 Å². The van der Waals surface area contributed by atoms with Crippen molar-refractivity contribution in [3.8, 4) is 0 Å². The van der Waals surface area contributed by atoms with Gasteiger partial charge in [0.05, 0.1) is 12.6 Å². The van der Waals surface area contributed by atoms with Crippen LogP contribution in [0.4, 0.5) is 0 Å². The van der Waals surface area contributed by atoms with Crippen LogP contribution in [0.1, 0.15) is 18.5 Å². The lowest BCUT2D eigenvalue weighted by Crippen LogP contribution is -2.14. The van der Waals surface area contributed by atoms with E-state index in [0.717, 1.165) is 11.3 Å². The molecule has 1 atom stereocenters. The first-order valence-corrected chi connectivity index (χ1v) is 5.35. The number of nitrogens with two attached hydrogens (primary N) is 1. The van der Waals surface area contributed by atoms with E-state index in [1.54, 1.807) is 11.8 Å². The minimum Gasteiger partial charge on any atom is -0.394 e. The van der Waals surface area contributed by atoms with E-state index in [2.05, 4.69) is 6.92 Å². The number of hydrogen-bond donors (Lipinski definition) is 2. The summed E-state index contributed by atoms with van der Waals surface area (Å²) in [4.78, 5) is 1.25. The van der Waals surface area contributed by atoms with Crippen LogP contribution in [-0.2, 0) is 0 Å². The van der Waals surface area contributed by atoms with Crippen molar-refractivity contribution in [1.29, 1.82) is 0 Å². The van der Waals surface area contributed by atoms with Crippen molar-refractivity contribution in [2.75, 3.05) is 12.4 Å². The fraction of sp³-hybridized carbons (Fsp3) is 0.400. The molecule has 0 bridgehead atoms. The van der Waals surface area contributed by atoms with Crippen molar-refractivity contribution in [2.45, 2.75) is 17.9 Å². The largest absolute Gasteiger partial charge is 0.394 e. The van der Waals surface area contributed by atoms with Gasteiger partial charge in [0.1, 0.15) is 0 Å². The Balaban J connectivity index is 2.69. The third kappa shape index (κ3) is 3.03. The quantitative estimate of drug-likeness (QED) is 0.723. The molecule has 0 radical (unpaired) electrons. The molecule has 2 nitrogen and oxygen atoms in total. The second-order valence-corrected chi connectivity index (χ2v) is 4.13. The van der Waals surface area contributed by atoms with Crippen molar-refractivity contribution in [2.24, 2.45) is 5.73 Å². The van der Waals surface area contributed by atoms with E-state index < -0.39 is 0 Å². The van der Waals surface area contributed by atoms with Crippen LogP contribution < -0.4 is 5.73 Å². The lowest BCUT2D eigenvalue weighted by molar-refractivity contribution is 0.268. The topological polar surface area (TPSA) is 46.2 Å². The summed E-state index contributed by atoms with van der Waals surface area (Å²) in [6, 6.07) is 7.77. The summed E-state index contributed by atoms with van der Waals surface area (Å²) >= 11 is 1.80. The van der Waals surface area contributed by atoms with Crippen molar-refractivity contribution in [1.82, 2.24) is 0 Å². The van der Waals surface area contributed by atoms with Gasteiger partial charge in [-0.05, 0) is 23.4 Å². The molecule has 0 aliphatic rings. The van der Waals surface area contributed by atoms with Crippen LogP contribution in [0.25, 0.3) is 0 Å². The molecular weight excluding hydrogens is 182 g/mol. The molecular formula is C10H15NOS. The first-order valence-electron chi connectivity index (χ1n) is 4.37. The highest BCUT2D eigenvalue weighted by Gasteiger charge is 2.02. The minimum atomic E-state index is -0.249. The zero-order valence-electron chi connectivity index (χ0n) is 7.73. The van der Waals surface area contributed by atoms with Gasteiger partial charge in [0.2, 0.25) is 0 Å². The molecule has 0 saturated heterocycles. The van der Waals surface area contributed by atoms with E-state index in [-0.39, 0.29) is 12.6 Å². The highest BCUT2D eigenvalue weighted by molar-refractivity contribution is 7.99. The maximum atomic E-state index is 8.83. The molecule has 13 heavy (non-hydrogen) atoms. The first-order chi connectivity index (χ1) is 6.27. The van der Waals surface area contributed by atoms with E-state index in [4.69, 9.17) is 10.8 Å². The lowest BCUT2D eigenvalue weighted by atomic mass is 10.1. The Morgan fingerprint density at radius 3 is 2.46 bits per heavy atom. The van der Waals surface area contributed by atoms with Crippen LogP contribution in [0.5, 0.6) is 0 Å². The smallest absolute Gasteiger partial charge is 0.0624 e. The molecule has 0 saturated carbocycles. The number of aliphatic hydroxyl groups excluding tert-OH is 1. The molecule has 3 N–H and O–H groups in total. The van der Waals surface area contributed by atoms with Gasteiger partial charge in [-0.25, -0.2) is 0 Å². The molecule has 0 aliphatic carbocycles. The molecule has 0 aromatic heterocycles. The van der Waals surface area contributed by atoms with Gasteiger partial charge in [0, 0.05) is 4.90 Å². The van der Waals surface area contributed by atoms with Gasteiger partial charge in [0.25, 0.3) is 0 Å². The second kappa shape index (κ2) is 5.27. The molecule has 72 valence electrons. The van der Waals surface area contributed by atoms with Crippen molar-refractivity contribution >= 4 is 11.8 Å². The Morgan fingerprint density at radius 1 is 1.38 bits per heavy atom. The van der Waals surface area contributed by atoms with Crippen molar-refractivity contribution < 1.29 is 5.11 Å². The molecule has 1 aromatic carbocycles. The van der Waals surface area contributed by atoms with E-state index in [9.17, 15) is 0 Å². The van der Waals surface area contributed by atoms with Crippen LogP contribution >= 0.6 is 11.8 Å². The van der Waals surface area contributed by atoms with Crippen LogP contribution in [0.3, 0.4) is 0 Å². The monoisotopic (exact) mass is 197 g/mol. The Labute approximate surface area is 83.1 Å². The summed E-state index contributed by atoms with van der Waals surface area (Å²) < 4.78 is 0. The molecule has 0 unspecified atom stereocenters. The SMILES string of the molecule is CCSc1ccc([C@@H](N)CO)cc1. The second-order valence-electron chi connectivity index (χ2n) is 2.79. The predicted octanol–water partition coefficient (Wildman–Crippen LogP) is 1.79. The van der Waals surface area contributed by atoms with Gasteiger partial charge in [-0.1, -0.05) is 19.1 Å². The average molecular weight is 197 g/mol. The summed E-state index contributed by atoms with van der Waals surface area (Å²) in [7, 11) is 0. The van der Waals surface area contributed by atoms with Crippen LogP contribution in [0.2, 0.25) is 0 Å². The number of thioether (sulfide) groups is 1. The number of benzene rings is 1. The molecule has 0 aliphatic heterocycles. The van der Waals surface area contributed by atoms with E-state index >= 15 is 0 Å². The Bertz CT molecular complexity index is 248. The molecule has 0 spiro atoms. The number of hydrogen-bond acceptors (Lipinski definition) is 3. The normalized spacial score (nSPS) is 12.8. The zero-order chi connectivity index (χ0) is 9.68. The van der Waals surface area contributed by atoms with Gasteiger partial charge in [-0.3, -0.25) is 0 Å². The molecule has 1 rings (SSSR count). The highest BCUT2D eigenvalue weighted by Crippen LogP contribution is 2.19. The molecule has 1 aromatic rings. The van der Waals surface area contributed by atoms with Gasteiger partial charge >= 0.3 is 0 Å². The fourth-order valence-electron chi connectivity index (χ4n) is 1.08. The first kappa shape index (κ1) is 10.6. The van der Waals surface area contributed by atoms with Crippen LogP contribution in [0.15, 0.2) is 29.2 Å². The Kier molecular flexibility index (Phi) is 4.28. The predicted molar refractivity (Wildman–Crippen MR) is 56.9 cm³/mol. The molecule has 3 heteroatoms. The van der Waals surface area contributed by atoms with Crippen molar-refractivity contribution in [3.05, 3.63) is 29.8 Å². The highest BCUT2D eigenvalue weighted by atomic mass is 32.2. The number of aliphatic hydroxyl groups is 1. The third-order valence-electron chi connectivity index (χ3n) is 1.82. The molecule has 0 fully saturated rings. The maximum absolute atomic E-state index is 8.83. The third-order valence-corrected chi connectivity index (χ3v) is 2.71. The molecule has 0 amide bonds. The summed E-state index contributed by atoms with van der Waals surface area (Å²) in [5.74, 6) is 1.07. The van der Waals surface area contributed by atoms with Gasteiger partial charge in [0.15, 0.2) is 0 Å². The summed E-state index contributed by atoms with van der Waals surface area (Å²) in [6.07, 6.45) is 0. The zero-order valence-corrected chi connectivity index (χ0v) is 8.55. The summed E-state index contributed by atoms with van der Waals surface area (Å²) in [5.41, 5.74) is 6.65. The minimum absolute atomic E-state index is 0.000265. The van der Waals surface area contributed by atoms with Crippen LogP contribution in [0, 0.1) is 0 Å². The summed E-state index contributed by atoms with van der Waals surface area (Å²) in [5, 5.41) is 8.83. The lowest BCUT2D eigenvalue weighted by Gasteiger charge is -2.08. The fourth-order valence-corrected chi connectivity index (χ4v) is 1.75. The number of rotatable bonds is 4. The average Bonchev–Trinajstić information content (AvgIpc) is 2.18. The standard InChI is InChI=1S/C10H15NOS/c1-2-13-9-5-3-8(4-6-9)10(11)7-12/h3-6,10,12H,2,7,11H2,1H3/t10-/m0/s1. The van der Waals surface area contributed by atoms with Gasteiger partial charge in [-0.2, -0.15) is 0 Å². The van der Waals surface area contributed by atoms with Crippen LogP contribution in [-0.4, -0.2) is 17.5 Å². The Morgan fingerprint density at radius 2 is 2.00 bits per heavy atom. The van der Waals surface area contributed by atoms with Gasteiger partial charge in [-0.15, -0.1) is 11.8 Å². The maximum Gasteiger partial charge on any atom is 0.0624 e. The Hall–Kier alpha value is -0.510. The van der Waals surface area contributed by atoms with E-state index in [0.29, 0.717) is 0 Å². The van der Waals surface area contributed by atoms with E-state index in [1.165, 1.54) is 4.90 Å². The summed E-state index contributed by atoms with van der Waals surface area (Å²) in [6.45, 7) is 2.12. The van der Waals surface area contributed by atoms with Gasteiger partial charge < -0.3 is 10.8 Å². The van der Waals surface area contributed by atoms with Crippen molar-refractivity contribution in [3.63, 3.8) is 0 Å². The molecule has 0 heterocycles.